The minimum atomic E-state index is -0.365. The molecule has 1 N–H and O–H groups in total. The van der Waals surface area contributed by atoms with Gasteiger partial charge in [0.2, 0.25) is 0 Å². The van der Waals surface area contributed by atoms with Gasteiger partial charge < -0.3 is 9.67 Å². The van der Waals surface area contributed by atoms with Crippen molar-refractivity contribution in [2.24, 2.45) is 0 Å². The van der Waals surface area contributed by atoms with Crippen molar-refractivity contribution >= 4 is 16.5 Å². The van der Waals surface area contributed by atoms with Gasteiger partial charge in [-0.05, 0) is 40.2 Å². The van der Waals surface area contributed by atoms with Crippen LogP contribution in [0.3, 0.4) is 0 Å². The molecule has 0 spiro atoms. The van der Waals surface area contributed by atoms with E-state index in [9.17, 15) is 5.11 Å². The Bertz CT molecular complexity index is 708. The number of fused-ring (bicyclic) bond motifs is 1. The number of aliphatic hydroxyl groups is 1. The predicted molar refractivity (Wildman–Crippen MR) is 80.5 cm³/mol. The van der Waals surface area contributed by atoms with E-state index in [1.165, 1.54) is 22.2 Å². The normalized spacial score (nSPS) is 18.6. The summed E-state index contributed by atoms with van der Waals surface area (Å²) in [5, 5.41) is 20.4. The number of aromatic nitrogens is 3. The molecule has 2 heterocycles. The van der Waals surface area contributed by atoms with E-state index in [1.54, 1.807) is 0 Å². The summed E-state index contributed by atoms with van der Waals surface area (Å²) in [7, 11) is 0. The van der Waals surface area contributed by atoms with Crippen LogP contribution < -0.4 is 0 Å². The number of aliphatic hydroxyl groups excluding tert-OH is 1. The van der Waals surface area contributed by atoms with E-state index in [2.05, 4.69) is 34.7 Å². The molecule has 0 amide bonds. The van der Waals surface area contributed by atoms with Crippen LogP contribution in [-0.2, 0) is 0 Å². The zero-order chi connectivity index (χ0) is 14.4. The molecule has 1 aliphatic rings. The summed E-state index contributed by atoms with van der Waals surface area (Å²) >= 11 is 0. The van der Waals surface area contributed by atoms with Gasteiger partial charge in [0.15, 0.2) is 0 Å². The molecular formula is C16H19N3O. The fourth-order valence-electron chi connectivity index (χ4n) is 3.12. The van der Waals surface area contributed by atoms with Crippen LogP contribution in [0.25, 0.3) is 16.5 Å². The van der Waals surface area contributed by atoms with Crippen LogP contribution >= 0.6 is 0 Å². The lowest BCUT2D eigenvalue weighted by Crippen LogP contribution is -2.08. The summed E-state index contributed by atoms with van der Waals surface area (Å²) in [5.41, 5.74) is 5.40. The third-order valence-corrected chi connectivity index (χ3v) is 4.03. The molecule has 104 valence electrons. The van der Waals surface area contributed by atoms with Gasteiger partial charge in [-0.25, -0.2) is 0 Å². The minimum Gasteiger partial charge on any atom is -0.389 e. The number of nitrogens with zero attached hydrogens (tertiary/aromatic N) is 3. The van der Waals surface area contributed by atoms with E-state index in [0.29, 0.717) is 6.42 Å². The molecule has 2 aromatic heterocycles. The van der Waals surface area contributed by atoms with Crippen molar-refractivity contribution < 1.29 is 5.11 Å². The molecule has 1 atom stereocenters. The lowest BCUT2D eigenvalue weighted by atomic mass is 10.1. The van der Waals surface area contributed by atoms with Gasteiger partial charge in [0.05, 0.1) is 17.5 Å². The first kappa shape index (κ1) is 13.1. The fourth-order valence-corrected chi connectivity index (χ4v) is 3.12. The molecule has 4 heteroatoms. The highest BCUT2D eigenvalue weighted by molar-refractivity contribution is 5.93. The van der Waals surface area contributed by atoms with Crippen molar-refractivity contribution in [2.45, 2.75) is 40.2 Å². The Morgan fingerprint density at radius 3 is 2.05 bits per heavy atom. The summed E-state index contributed by atoms with van der Waals surface area (Å²) in [5.74, 6) is 0. The molecule has 4 nitrogen and oxygen atoms in total. The molecule has 0 aliphatic heterocycles. The number of allylic oxidation sites excluding steroid dienone is 2. The third kappa shape index (κ3) is 1.79. The second-order valence-electron chi connectivity index (χ2n) is 5.42. The molecule has 0 saturated carbocycles. The largest absolute Gasteiger partial charge is 0.389 e. The highest BCUT2D eigenvalue weighted by atomic mass is 16.3. The highest BCUT2D eigenvalue weighted by Crippen LogP contribution is 2.32. The van der Waals surface area contributed by atoms with Crippen molar-refractivity contribution in [3.63, 3.8) is 0 Å². The number of hydrogen-bond acceptors (Lipinski definition) is 3. The smallest absolute Gasteiger partial charge is 0.0759 e. The van der Waals surface area contributed by atoms with Gasteiger partial charge in [-0.3, -0.25) is 0 Å². The Balaban J connectivity index is 2.31. The minimum absolute atomic E-state index is 0.365. The molecule has 0 bridgehead atoms. The Morgan fingerprint density at radius 1 is 1.05 bits per heavy atom. The van der Waals surface area contributed by atoms with Crippen LogP contribution in [0.1, 0.15) is 29.2 Å². The van der Waals surface area contributed by atoms with Gasteiger partial charge in [0.1, 0.15) is 0 Å². The Kier molecular flexibility index (Phi) is 2.98. The van der Waals surface area contributed by atoms with Gasteiger partial charge in [-0.2, -0.15) is 10.2 Å². The van der Waals surface area contributed by atoms with Crippen molar-refractivity contribution in [1.29, 1.82) is 0 Å². The van der Waals surface area contributed by atoms with Gasteiger partial charge >= 0.3 is 0 Å². The highest BCUT2D eigenvalue weighted by Gasteiger charge is 2.18. The molecule has 0 fully saturated rings. The molecule has 3 rings (SSSR count). The summed E-state index contributed by atoms with van der Waals surface area (Å²) < 4.78 is 2.23. The first-order valence-corrected chi connectivity index (χ1v) is 6.89. The second kappa shape index (κ2) is 4.56. The lowest BCUT2D eigenvalue weighted by molar-refractivity contribution is 0.226. The first-order chi connectivity index (χ1) is 9.50. The summed E-state index contributed by atoms with van der Waals surface area (Å²) in [6.45, 7) is 8.23. The molecule has 0 aromatic carbocycles. The van der Waals surface area contributed by atoms with E-state index in [-0.39, 0.29) is 6.10 Å². The molecule has 20 heavy (non-hydrogen) atoms. The number of rotatable bonds is 1. The van der Waals surface area contributed by atoms with Gasteiger partial charge in [0.25, 0.3) is 0 Å². The SMILES string of the molecule is Cc1nnc(C)c2c(C)n(C3=CCC(O)C=C3)c(C)c12. The summed E-state index contributed by atoms with van der Waals surface area (Å²) in [6.07, 6.45) is 6.20. The van der Waals surface area contributed by atoms with Crippen LogP contribution in [0.15, 0.2) is 18.2 Å². The van der Waals surface area contributed by atoms with Crippen LogP contribution in [0.5, 0.6) is 0 Å². The molecule has 0 saturated heterocycles. The van der Waals surface area contributed by atoms with Crippen molar-refractivity contribution in [1.82, 2.24) is 14.8 Å². The van der Waals surface area contributed by atoms with Crippen molar-refractivity contribution in [3.05, 3.63) is 41.0 Å². The predicted octanol–water partition coefficient (Wildman–Crippen LogP) is 2.83. The lowest BCUT2D eigenvalue weighted by Gasteiger charge is -2.15. The Labute approximate surface area is 118 Å². The second-order valence-corrected chi connectivity index (χ2v) is 5.42. The maximum absolute atomic E-state index is 9.58. The fraction of sp³-hybridized carbons (Fsp3) is 0.375. The zero-order valence-corrected chi connectivity index (χ0v) is 12.3. The maximum Gasteiger partial charge on any atom is 0.0759 e. The Morgan fingerprint density at radius 2 is 1.60 bits per heavy atom. The topological polar surface area (TPSA) is 50.9 Å². The van der Waals surface area contributed by atoms with E-state index in [1.807, 2.05) is 26.0 Å². The molecule has 0 radical (unpaired) electrons. The van der Waals surface area contributed by atoms with Gasteiger partial charge in [0, 0.05) is 27.9 Å². The summed E-state index contributed by atoms with van der Waals surface area (Å²) in [6, 6.07) is 0. The maximum atomic E-state index is 9.58. The van der Waals surface area contributed by atoms with E-state index in [0.717, 1.165) is 17.1 Å². The number of hydrogen-bond donors (Lipinski definition) is 1. The Hall–Kier alpha value is -1.94. The number of aryl methyl sites for hydroxylation is 4. The van der Waals surface area contributed by atoms with Crippen LogP contribution in [0.2, 0.25) is 0 Å². The monoisotopic (exact) mass is 269 g/mol. The third-order valence-electron chi connectivity index (χ3n) is 4.03. The van der Waals surface area contributed by atoms with E-state index in [4.69, 9.17) is 0 Å². The molecular weight excluding hydrogens is 250 g/mol. The van der Waals surface area contributed by atoms with Crippen LogP contribution in [0.4, 0.5) is 0 Å². The molecule has 2 aromatic rings. The van der Waals surface area contributed by atoms with E-state index >= 15 is 0 Å². The van der Waals surface area contributed by atoms with Crippen LogP contribution in [0, 0.1) is 27.7 Å². The zero-order valence-electron chi connectivity index (χ0n) is 12.3. The van der Waals surface area contributed by atoms with E-state index < -0.39 is 0 Å². The molecule has 1 aliphatic carbocycles. The average molecular weight is 269 g/mol. The average Bonchev–Trinajstić information content (AvgIpc) is 2.69. The quantitative estimate of drug-likeness (QED) is 0.866. The summed E-state index contributed by atoms with van der Waals surface area (Å²) in [4.78, 5) is 0. The van der Waals surface area contributed by atoms with Crippen LogP contribution in [-0.4, -0.2) is 26.0 Å². The van der Waals surface area contributed by atoms with Crippen molar-refractivity contribution in [3.8, 4) is 0 Å². The van der Waals surface area contributed by atoms with Gasteiger partial charge in [-0.15, -0.1) is 0 Å². The van der Waals surface area contributed by atoms with Crippen molar-refractivity contribution in [2.75, 3.05) is 0 Å². The standard InChI is InChI=1S/C16H19N3O/c1-9-15-11(3)19(13-5-7-14(20)8-6-13)12(4)16(15)10(2)18-17-9/h5-7,14,20H,8H2,1-4H3. The first-order valence-electron chi connectivity index (χ1n) is 6.89. The molecule has 1 unspecified atom stereocenters. The van der Waals surface area contributed by atoms with Gasteiger partial charge in [-0.1, -0.05) is 12.2 Å².